The highest BCUT2D eigenvalue weighted by molar-refractivity contribution is 5.92. The van der Waals surface area contributed by atoms with Crippen LogP contribution >= 0.6 is 0 Å². The van der Waals surface area contributed by atoms with Crippen LogP contribution in [-0.4, -0.2) is 21.1 Å². The molecule has 2 N–H and O–H groups in total. The number of nitrogens with zero attached hydrogens (tertiary/aromatic N) is 2. The first-order valence-corrected chi connectivity index (χ1v) is 8.01. The summed E-state index contributed by atoms with van der Waals surface area (Å²) in [5.74, 6) is 0.632. The molecule has 1 heterocycles. The van der Waals surface area contributed by atoms with Gasteiger partial charge in [0.25, 0.3) is 0 Å². The van der Waals surface area contributed by atoms with Crippen molar-refractivity contribution >= 4 is 11.6 Å². The number of aromatic amines is 1. The van der Waals surface area contributed by atoms with Crippen LogP contribution in [0.4, 0.5) is 10.1 Å². The van der Waals surface area contributed by atoms with Crippen molar-refractivity contribution in [2.75, 3.05) is 5.32 Å². The molecule has 128 valence electrons. The zero-order valence-electron chi connectivity index (χ0n) is 14.1. The van der Waals surface area contributed by atoms with Crippen molar-refractivity contribution in [2.45, 2.75) is 26.7 Å². The number of hydrogen-bond acceptors (Lipinski definition) is 3. The average Bonchev–Trinajstić information content (AvgIpc) is 3.00. The molecular weight excluding hydrogens is 319 g/mol. The molecule has 0 aliphatic rings. The van der Waals surface area contributed by atoms with E-state index in [0.29, 0.717) is 18.1 Å². The van der Waals surface area contributed by atoms with E-state index < -0.39 is 0 Å². The van der Waals surface area contributed by atoms with E-state index in [2.05, 4.69) is 20.5 Å². The summed E-state index contributed by atoms with van der Waals surface area (Å²) in [4.78, 5) is 16.5. The molecule has 0 bridgehead atoms. The molecule has 1 aromatic heterocycles. The fraction of sp³-hybridized carbons (Fsp3) is 0.211. The van der Waals surface area contributed by atoms with Gasteiger partial charge in [-0.25, -0.2) is 9.37 Å². The van der Waals surface area contributed by atoms with Gasteiger partial charge >= 0.3 is 0 Å². The summed E-state index contributed by atoms with van der Waals surface area (Å²) in [5.41, 5.74) is 3.81. The molecule has 0 saturated heterocycles. The van der Waals surface area contributed by atoms with Gasteiger partial charge < -0.3 is 5.32 Å². The maximum atomic E-state index is 12.9. The molecule has 25 heavy (non-hydrogen) atoms. The van der Waals surface area contributed by atoms with E-state index in [9.17, 15) is 9.18 Å². The normalized spacial score (nSPS) is 10.7. The van der Waals surface area contributed by atoms with Crippen molar-refractivity contribution in [3.63, 3.8) is 0 Å². The molecule has 0 aliphatic carbocycles. The molecule has 3 aromatic rings. The molecule has 0 atom stereocenters. The average molecular weight is 338 g/mol. The number of rotatable bonds is 5. The van der Waals surface area contributed by atoms with Crippen LogP contribution in [0, 0.1) is 19.7 Å². The van der Waals surface area contributed by atoms with Crippen molar-refractivity contribution < 1.29 is 9.18 Å². The fourth-order valence-electron chi connectivity index (χ4n) is 2.50. The minimum atomic E-state index is -0.273. The Bertz CT molecular complexity index is 887. The van der Waals surface area contributed by atoms with Crippen LogP contribution in [0.2, 0.25) is 0 Å². The quantitative estimate of drug-likeness (QED) is 0.749. The minimum Gasteiger partial charge on any atom is -0.325 e. The number of anilines is 1. The largest absolute Gasteiger partial charge is 0.325 e. The maximum Gasteiger partial charge on any atom is 0.232 e. The van der Waals surface area contributed by atoms with Crippen LogP contribution in [-0.2, 0) is 17.6 Å². The Labute approximate surface area is 145 Å². The monoisotopic (exact) mass is 338 g/mol. The first kappa shape index (κ1) is 16.8. The molecule has 5 nitrogen and oxygen atoms in total. The van der Waals surface area contributed by atoms with Gasteiger partial charge in [-0.3, -0.25) is 9.89 Å². The van der Waals surface area contributed by atoms with Crippen LogP contribution < -0.4 is 5.32 Å². The molecule has 0 saturated carbocycles. The van der Waals surface area contributed by atoms with Crippen molar-refractivity contribution in [1.29, 1.82) is 0 Å². The number of carbonyl (C=O) groups is 1. The lowest BCUT2D eigenvalue weighted by Gasteiger charge is -2.08. The molecule has 0 fully saturated rings. The third-order valence-electron chi connectivity index (χ3n) is 3.85. The summed E-state index contributed by atoms with van der Waals surface area (Å²) in [6.45, 7) is 3.93. The number of H-pyrrole nitrogens is 1. The number of carbonyl (C=O) groups excluding carboxylic acids is 1. The van der Waals surface area contributed by atoms with E-state index in [1.165, 1.54) is 12.1 Å². The van der Waals surface area contributed by atoms with Crippen LogP contribution in [0.15, 0.2) is 42.5 Å². The predicted molar refractivity (Wildman–Crippen MR) is 93.8 cm³/mol. The van der Waals surface area contributed by atoms with Crippen LogP contribution in [0.1, 0.15) is 28.3 Å². The van der Waals surface area contributed by atoms with Gasteiger partial charge in [0.2, 0.25) is 5.91 Å². The number of nitrogens with one attached hydrogen (secondary N) is 2. The highest BCUT2D eigenvalue weighted by Gasteiger charge is 2.11. The first-order valence-electron chi connectivity index (χ1n) is 8.01. The Morgan fingerprint density at radius 3 is 2.68 bits per heavy atom. The summed E-state index contributed by atoms with van der Waals surface area (Å²) in [6, 6.07) is 12.1. The molecule has 6 heteroatoms. The third-order valence-corrected chi connectivity index (χ3v) is 3.85. The second kappa shape index (κ2) is 7.25. The van der Waals surface area contributed by atoms with Gasteiger partial charge in [0, 0.05) is 12.1 Å². The van der Waals surface area contributed by atoms with Crippen molar-refractivity contribution in [3.8, 4) is 0 Å². The number of halogens is 1. The zero-order valence-corrected chi connectivity index (χ0v) is 14.1. The second-order valence-electron chi connectivity index (χ2n) is 6.04. The van der Waals surface area contributed by atoms with Crippen LogP contribution in [0.5, 0.6) is 0 Å². The van der Waals surface area contributed by atoms with Gasteiger partial charge in [0.15, 0.2) is 5.82 Å². The lowest BCUT2D eigenvalue weighted by molar-refractivity contribution is -0.115. The standard InChI is InChI=1S/C19H19FN4O/c1-12-3-4-13(2)16(9-12)21-19(25)11-18-22-17(23-24-18)10-14-5-7-15(20)8-6-14/h3-9H,10-11H2,1-2H3,(H,21,25)(H,22,23,24). The van der Waals surface area contributed by atoms with Gasteiger partial charge in [0.05, 0.1) is 6.42 Å². The van der Waals surface area contributed by atoms with Gasteiger partial charge in [-0.2, -0.15) is 5.10 Å². The molecule has 0 aliphatic heterocycles. The van der Waals surface area contributed by atoms with E-state index in [0.717, 1.165) is 22.4 Å². The molecule has 0 radical (unpaired) electrons. The SMILES string of the molecule is Cc1ccc(C)c(NC(=O)Cc2n[nH]c(Cc3ccc(F)cc3)n2)c1. The topological polar surface area (TPSA) is 70.7 Å². The van der Waals surface area contributed by atoms with Crippen molar-refractivity contribution in [1.82, 2.24) is 15.2 Å². The van der Waals surface area contributed by atoms with Gasteiger partial charge in [-0.15, -0.1) is 0 Å². The Morgan fingerprint density at radius 2 is 1.92 bits per heavy atom. The van der Waals surface area contributed by atoms with Gasteiger partial charge in [0.1, 0.15) is 11.6 Å². The molecule has 0 unspecified atom stereocenters. The van der Waals surface area contributed by atoms with Crippen molar-refractivity contribution in [3.05, 3.63) is 76.6 Å². The summed E-state index contributed by atoms with van der Waals surface area (Å²) >= 11 is 0. The van der Waals surface area contributed by atoms with E-state index in [1.54, 1.807) is 12.1 Å². The van der Waals surface area contributed by atoms with E-state index in [1.807, 2.05) is 32.0 Å². The predicted octanol–water partition coefficient (Wildman–Crippen LogP) is 3.33. The summed E-state index contributed by atoms with van der Waals surface area (Å²) in [6.07, 6.45) is 0.596. The van der Waals surface area contributed by atoms with Crippen LogP contribution in [0.25, 0.3) is 0 Å². The second-order valence-corrected chi connectivity index (χ2v) is 6.04. The van der Waals surface area contributed by atoms with E-state index in [-0.39, 0.29) is 18.1 Å². The number of benzene rings is 2. The van der Waals surface area contributed by atoms with E-state index >= 15 is 0 Å². The maximum absolute atomic E-state index is 12.9. The first-order chi connectivity index (χ1) is 12.0. The Kier molecular flexibility index (Phi) is 4.88. The Morgan fingerprint density at radius 1 is 1.16 bits per heavy atom. The summed E-state index contributed by atoms with van der Waals surface area (Å²) in [7, 11) is 0. The summed E-state index contributed by atoms with van der Waals surface area (Å²) < 4.78 is 12.9. The van der Waals surface area contributed by atoms with Crippen LogP contribution in [0.3, 0.4) is 0 Å². The Balaban J connectivity index is 1.61. The number of hydrogen-bond donors (Lipinski definition) is 2. The number of amides is 1. The molecule has 2 aromatic carbocycles. The van der Waals surface area contributed by atoms with Crippen molar-refractivity contribution in [2.24, 2.45) is 0 Å². The molecule has 0 spiro atoms. The lowest BCUT2D eigenvalue weighted by atomic mass is 10.1. The zero-order chi connectivity index (χ0) is 17.8. The minimum absolute atomic E-state index is 0.0906. The third kappa shape index (κ3) is 4.50. The number of aromatic nitrogens is 3. The Hall–Kier alpha value is -3.02. The van der Waals surface area contributed by atoms with E-state index in [4.69, 9.17) is 0 Å². The molecule has 3 rings (SSSR count). The summed E-state index contributed by atoms with van der Waals surface area (Å²) in [5, 5.41) is 9.79. The molecular formula is C19H19FN4O. The lowest BCUT2D eigenvalue weighted by Crippen LogP contribution is -2.16. The fourth-order valence-corrected chi connectivity index (χ4v) is 2.50. The number of aryl methyl sites for hydroxylation is 2. The van der Waals surface area contributed by atoms with Gasteiger partial charge in [-0.05, 0) is 48.7 Å². The highest BCUT2D eigenvalue weighted by Crippen LogP contribution is 2.16. The van der Waals surface area contributed by atoms with Gasteiger partial charge in [-0.1, -0.05) is 24.3 Å². The smallest absolute Gasteiger partial charge is 0.232 e. The highest BCUT2D eigenvalue weighted by atomic mass is 19.1. The molecule has 1 amide bonds.